The number of carbonyl (C=O) groups excluding carboxylic acids is 2. The second-order valence-corrected chi connectivity index (χ2v) is 4.11. The Hall–Kier alpha value is -2.96. The average molecular weight is 289 g/mol. The number of hydrazone groups is 1. The van der Waals surface area contributed by atoms with Crippen molar-refractivity contribution < 1.29 is 18.4 Å². The smallest absolute Gasteiger partial charge is 0.329 e. The lowest BCUT2D eigenvalue weighted by atomic mass is 10.3. The largest absolute Gasteiger partial charge is 0.460 e. The minimum absolute atomic E-state index is 0.308. The van der Waals surface area contributed by atoms with Crippen LogP contribution in [0.2, 0.25) is 0 Å². The van der Waals surface area contributed by atoms with Crippen LogP contribution in [0.15, 0.2) is 45.9 Å². The van der Waals surface area contributed by atoms with Crippen molar-refractivity contribution in [3.63, 3.8) is 0 Å². The third-order valence-electron chi connectivity index (χ3n) is 2.43. The molecule has 1 heterocycles. The van der Waals surface area contributed by atoms with Gasteiger partial charge in [0.2, 0.25) is 0 Å². The molecule has 6 nitrogen and oxygen atoms in total. The Morgan fingerprint density at radius 2 is 1.86 bits per heavy atom. The first-order chi connectivity index (χ1) is 10.0. The van der Waals surface area contributed by atoms with Crippen LogP contribution in [0, 0.1) is 12.7 Å². The molecule has 0 bridgehead atoms. The first kappa shape index (κ1) is 14.4. The third-order valence-corrected chi connectivity index (χ3v) is 2.43. The van der Waals surface area contributed by atoms with Gasteiger partial charge in [-0.15, -0.1) is 0 Å². The molecule has 0 saturated carbocycles. The Morgan fingerprint density at radius 1 is 1.14 bits per heavy atom. The van der Waals surface area contributed by atoms with Crippen LogP contribution in [0.1, 0.15) is 11.5 Å². The van der Waals surface area contributed by atoms with Gasteiger partial charge < -0.3 is 9.73 Å². The van der Waals surface area contributed by atoms with E-state index >= 15 is 0 Å². The maximum absolute atomic E-state index is 12.7. The molecule has 2 N–H and O–H groups in total. The molecule has 0 aliphatic carbocycles. The number of anilines is 1. The van der Waals surface area contributed by atoms with Gasteiger partial charge in [0.1, 0.15) is 17.3 Å². The van der Waals surface area contributed by atoms with E-state index in [4.69, 9.17) is 4.42 Å². The second-order valence-electron chi connectivity index (χ2n) is 4.11. The predicted octanol–water partition coefficient (Wildman–Crippen LogP) is 1.82. The van der Waals surface area contributed by atoms with Gasteiger partial charge in [0, 0.05) is 5.69 Å². The van der Waals surface area contributed by atoms with Gasteiger partial charge in [0.15, 0.2) is 0 Å². The molecule has 7 heteroatoms. The molecule has 0 aliphatic rings. The summed E-state index contributed by atoms with van der Waals surface area (Å²) in [6, 6.07) is 8.44. The van der Waals surface area contributed by atoms with Crippen LogP contribution >= 0.6 is 0 Å². The Morgan fingerprint density at radius 3 is 2.48 bits per heavy atom. The van der Waals surface area contributed by atoms with Crippen molar-refractivity contribution in [3.8, 4) is 0 Å². The monoisotopic (exact) mass is 289 g/mol. The highest BCUT2D eigenvalue weighted by Crippen LogP contribution is 2.07. The Labute approximate surface area is 119 Å². The summed E-state index contributed by atoms with van der Waals surface area (Å²) in [4.78, 5) is 23.0. The normalized spacial score (nSPS) is 10.6. The van der Waals surface area contributed by atoms with E-state index in [1.165, 1.54) is 30.5 Å². The first-order valence-corrected chi connectivity index (χ1v) is 6.01. The van der Waals surface area contributed by atoms with Crippen molar-refractivity contribution >= 4 is 23.7 Å². The number of aryl methyl sites for hydroxylation is 1. The van der Waals surface area contributed by atoms with E-state index in [1.54, 1.807) is 19.1 Å². The molecular formula is C14H12FN3O3. The molecular weight excluding hydrogens is 277 g/mol. The van der Waals surface area contributed by atoms with E-state index in [0.717, 1.165) is 0 Å². The van der Waals surface area contributed by atoms with Gasteiger partial charge in [0.05, 0.1) is 6.21 Å². The Balaban J connectivity index is 1.86. The van der Waals surface area contributed by atoms with Crippen molar-refractivity contribution in [2.24, 2.45) is 5.10 Å². The van der Waals surface area contributed by atoms with E-state index in [2.05, 4.69) is 15.8 Å². The molecule has 0 atom stereocenters. The number of benzene rings is 1. The minimum atomic E-state index is -0.946. The maximum Gasteiger partial charge on any atom is 0.329 e. The highest BCUT2D eigenvalue weighted by Gasteiger charge is 2.12. The van der Waals surface area contributed by atoms with Crippen LogP contribution in [-0.2, 0) is 9.59 Å². The Bertz CT molecular complexity index is 677. The molecule has 108 valence electrons. The van der Waals surface area contributed by atoms with Gasteiger partial charge in [-0.1, -0.05) is 0 Å². The highest BCUT2D eigenvalue weighted by molar-refractivity contribution is 6.39. The molecule has 1 aromatic heterocycles. The van der Waals surface area contributed by atoms with E-state index in [-0.39, 0.29) is 0 Å². The van der Waals surface area contributed by atoms with Gasteiger partial charge >= 0.3 is 11.8 Å². The number of furan rings is 1. The minimum Gasteiger partial charge on any atom is -0.460 e. The molecule has 2 amide bonds. The molecule has 0 radical (unpaired) electrons. The lowest BCUT2D eigenvalue weighted by Gasteiger charge is -2.03. The standard InChI is InChI=1S/C14H12FN3O3/c1-9-2-7-12(21-9)8-16-18-14(20)13(19)17-11-5-3-10(15)4-6-11/h2-8H,1H3,(H,17,19)(H,18,20)/b16-8-. The Kier molecular flexibility index (Phi) is 4.45. The summed E-state index contributed by atoms with van der Waals surface area (Å²) in [6.07, 6.45) is 1.27. The molecule has 1 aromatic carbocycles. The number of nitrogens with zero attached hydrogens (tertiary/aromatic N) is 1. The predicted molar refractivity (Wildman–Crippen MR) is 74.2 cm³/mol. The van der Waals surface area contributed by atoms with Crippen molar-refractivity contribution in [2.75, 3.05) is 5.32 Å². The molecule has 0 fully saturated rings. The number of rotatable bonds is 3. The molecule has 0 unspecified atom stereocenters. The highest BCUT2D eigenvalue weighted by atomic mass is 19.1. The number of nitrogens with one attached hydrogen (secondary N) is 2. The lowest BCUT2D eigenvalue weighted by Crippen LogP contribution is -2.32. The molecule has 21 heavy (non-hydrogen) atoms. The fourth-order valence-corrected chi connectivity index (χ4v) is 1.45. The van der Waals surface area contributed by atoms with E-state index in [1.807, 2.05) is 0 Å². The number of halogens is 1. The van der Waals surface area contributed by atoms with Gasteiger partial charge in [0.25, 0.3) is 0 Å². The zero-order valence-corrected chi connectivity index (χ0v) is 11.1. The topological polar surface area (TPSA) is 83.7 Å². The molecule has 0 spiro atoms. The summed E-state index contributed by atoms with van der Waals surface area (Å²) < 4.78 is 17.9. The zero-order valence-electron chi connectivity index (χ0n) is 11.1. The fourth-order valence-electron chi connectivity index (χ4n) is 1.45. The van der Waals surface area contributed by atoms with Crippen LogP contribution in [0.4, 0.5) is 10.1 Å². The first-order valence-electron chi connectivity index (χ1n) is 6.01. The number of hydrogen-bond acceptors (Lipinski definition) is 4. The zero-order chi connectivity index (χ0) is 15.2. The van der Waals surface area contributed by atoms with Crippen LogP contribution in [0.25, 0.3) is 0 Å². The van der Waals surface area contributed by atoms with Crippen molar-refractivity contribution in [1.29, 1.82) is 0 Å². The molecule has 0 saturated heterocycles. The lowest BCUT2D eigenvalue weighted by molar-refractivity contribution is -0.136. The number of amides is 2. The van der Waals surface area contributed by atoms with Gasteiger partial charge in [-0.05, 0) is 43.3 Å². The third kappa shape index (κ3) is 4.27. The van der Waals surface area contributed by atoms with Crippen LogP contribution in [0.3, 0.4) is 0 Å². The van der Waals surface area contributed by atoms with Crippen LogP contribution < -0.4 is 10.7 Å². The molecule has 2 rings (SSSR count). The number of hydrogen-bond donors (Lipinski definition) is 2. The van der Waals surface area contributed by atoms with Crippen LogP contribution in [-0.4, -0.2) is 18.0 Å². The summed E-state index contributed by atoms with van der Waals surface area (Å²) in [6.45, 7) is 1.77. The summed E-state index contributed by atoms with van der Waals surface area (Å²) in [5, 5.41) is 5.90. The van der Waals surface area contributed by atoms with E-state index < -0.39 is 17.6 Å². The summed E-state index contributed by atoms with van der Waals surface area (Å²) in [7, 11) is 0. The number of carbonyl (C=O) groups is 2. The van der Waals surface area contributed by atoms with Crippen LogP contribution in [0.5, 0.6) is 0 Å². The van der Waals surface area contributed by atoms with E-state index in [0.29, 0.717) is 17.2 Å². The van der Waals surface area contributed by atoms with E-state index in [9.17, 15) is 14.0 Å². The summed E-state index contributed by atoms with van der Waals surface area (Å²) in [5.74, 6) is -1.13. The second kappa shape index (κ2) is 6.47. The van der Waals surface area contributed by atoms with Crippen molar-refractivity contribution in [1.82, 2.24) is 5.43 Å². The van der Waals surface area contributed by atoms with Gasteiger partial charge in [-0.3, -0.25) is 9.59 Å². The van der Waals surface area contributed by atoms with Gasteiger partial charge in [-0.25, -0.2) is 9.82 Å². The molecule has 2 aromatic rings. The maximum atomic E-state index is 12.7. The summed E-state index contributed by atoms with van der Waals surface area (Å²) >= 11 is 0. The van der Waals surface area contributed by atoms with Crippen molar-refractivity contribution in [2.45, 2.75) is 6.92 Å². The quantitative estimate of drug-likeness (QED) is 0.513. The van der Waals surface area contributed by atoms with Crippen molar-refractivity contribution in [3.05, 3.63) is 53.7 Å². The fraction of sp³-hybridized carbons (Fsp3) is 0.0714. The SMILES string of the molecule is Cc1ccc(/C=N\NC(=O)C(=O)Nc2ccc(F)cc2)o1. The van der Waals surface area contributed by atoms with Gasteiger partial charge in [-0.2, -0.15) is 5.10 Å². The molecule has 0 aliphatic heterocycles. The summed E-state index contributed by atoms with van der Waals surface area (Å²) in [5.41, 5.74) is 2.36. The average Bonchev–Trinajstić information content (AvgIpc) is 2.87.